The van der Waals surface area contributed by atoms with Gasteiger partial charge >= 0.3 is 0 Å². The van der Waals surface area contributed by atoms with E-state index in [0.29, 0.717) is 45.6 Å². The Bertz CT molecular complexity index is 1660. The van der Waals surface area contributed by atoms with Crippen molar-refractivity contribution in [2.75, 3.05) is 7.11 Å². The van der Waals surface area contributed by atoms with Gasteiger partial charge in [-0.1, -0.05) is 11.6 Å². The van der Waals surface area contributed by atoms with Gasteiger partial charge < -0.3 is 14.3 Å². The fourth-order valence-corrected chi connectivity index (χ4v) is 4.18. The number of aromatic hydroxyl groups is 1. The Morgan fingerprint density at radius 1 is 1.17 bits per heavy atom. The van der Waals surface area contributed by atoms with Crippen LogP contribution in [0.2, 0.25) is 5.02 Å². The summed E-state index contributed by atoms with van der Waals surface area (Å²) in [5, 5.41) is 21.3. The number of nitrogens with zero attached hydrogens (tertiary/aromatic N) is 4. The zero-order valence-corrected chi connectivity index (χ0v) is 20.9. The Morgan fingerprint density at radius 3 is 2.75 bits per heavy atom. The monoisotopic (exact) mass is 566 g/mol. The van der Waals surface area contributed by atoms with Crippen LogP contribution in [-0.4, -0.2) is 32.7 Å². The number of ether oxygens (including phenoxy) is 1. The molecule has 3 aromatic heterocycles. The molecule has 0 saturated heterocycles. The third kappa shape index (κ3) is 4.43. The lowest BCUT2D eigenvalue weighted by Crippen LogP contribution is -1.89. The van der Waals surface area contributed by atoms with Gasteiger partial charge in [0.15, 0.2) is 17.3 Å². The van der Waals surface area contributed by atoms with Gasteiger partial charge in [-0.3, -0.25) is 14.5 Å². The van der Waals surface area contributed by atoms with Gasteiger partial charge in [0.2, 0.25) is 0 Å². The van der Waals surface area contributed by atoms with E-state index in [0.717, 1.165) is 4.47 Å². The smallest absolute Gasteiger partial charge is 0.288 e. The van der Waals surface area contributed by atoms with Gasteiger partial charge in [0, 0.05) is 27.9 Å². The number of nitro groups is 1. The second-order valence-electron chi connectivity index (χ2n) is 7.63. The molecule has 0 atom stereocenters. The minimum absolute atomic E-state index is 0.0170. The van der Waals surface area contributed by atoms with Gasteiger partial charge in [0.25, 0.3) is 5.69 Å². The molecule has 0 aliphatic heterocycles. The third-order valence-electron chi connectivity index (χ3n) is 5.38. The summed E-state index contributed by atoms with van der Waals surface area (Å²) in [5.74, 6) is 1.72. The van der Waals surface area contributed by atoms with Crippen LogP contribution >= 0.6 is 27.5 Å². The molecule has 9 nitrogen and oxygen atoms in total. The zero-order valence-electron chi connectivity index (χ0n) is 18.6. The van der Waals surface area contributed by atoms with Crippen molar-refractivity contribution in [2.24, 2.45) is 4.99 Å². The molecule has 0 fully saturated rings. The summed E-state index contributed by atoms with van der Waals surface area (Å²) < 4.78 is 13.8. The molecule has 0 radical (unpaired) electrons. The molecule has 180 valence electrons. The molecule has 0 unspecified atom stereocenters. The molecule has 5 aromatic rings. The molecule has 36 heavy (non-hydrogen) atoms. The molecular formula is C25H16BrClN4O5. The maximum atomic E-state index is 11.2. The molecule has 0 spiro atoms. The second-order valence-corrected chi connectivity index (χ2v) is 8.95. The first kappa shape index (κ1) is 23.6. The van der Waals surface area contributed by atoms with Crippen LogP contribution in [0.25, 0.3) is 28.2 Å². The number of phenols is 1. The Hall–Kier alpha value is -4.15. The highest BCUT2D eigenvalue weighted by molar-refractivity contribution is 9.10. The van der Waals surface area contributed by atoms with Gasteiger partial charge in [-0.25, -0.2) is 9.98 Å². The van der Waals surface area contributed by atoms with E-state index in [9.17, 15) is 15.2 Å². The molecule has 0 bridgehead atoms. The van der Waals surface area contributed by atoms with Crippen LogP contribution < -0.4 is 4.74 Å². The Morgan fingerprint density at radius 2 is 1.97 bits per heavy atom. The third-order valence-corrected chi connectivity index (χ3v) is 6.17. The van der Waals surface area contributed by atoms with Crippen molar-refractivity contribution in [3.05, 3.63) is 92.2 Å². The van der Waals surface area contributed by atoms with Gasteiger partial charge in [0.1, 0.15) is 27.9 Å². The number of hydrogen-bond donors (Lipinski definition) is 1. The number of hydrogen-bond acceptors (Lipinski definition) is 7. The predicted molar refractivity (Wildman–Crippen MR) is 140 cm³/mol. The van der Waals surface area contributed by atoms with Crippen molar-refractivity contribution in [2.45, 2.75) is 0 Å². The van der Waals surface area contributed by atoms with Crippen molar-refractivity contribution in [1.82, 2.24) is 9.38 Å². The lowest BCUT2D eigenvalue weighted by atomic mass is 10.1. The molecule has 0 saturated carbocycles. The van der Waals surface area contributed by atoms with E-state index in [1.807, 2.05) is 22.7 Å². The van der Waals surface area contributed by atoms with E-state index in [1.165, 1.54) is 25.3 Å². The quantitative estimate of drug-likeness (QED) is 0.134. The summed E-state index contributed by atoms with van der Waals surface area (Å²) in [6.45, 7) is 0. The molecule has 0 aliphatic carbocycles. The summed E-state index contributed by atoms with van der Waals surface area (Å²) in [5.41, 5.74) is 2.25. The summed E-state index contributed by atoms with van der Waals surface area (Å²) in [6, 6.07) is 16.5. The normalized spacial score (nSPS) is 11.4. The highest BCUT2D eigenvalue weighted by atomic mass is 79.9. The first-order valence-corrected chi connectivity index (χ1v) is 11.6. The zero-order chi connectivity index (χ0) is 25.4. The Kier molecular flexibility index (Phi) is 6.21. The summed E-state index contributed by atoms with van der Waals surface area (Å²) >= 11 is 9.40. The van der Waals surface area contributed by atoms with Crippen molar-refractivity contribution < 1.29 is 19.2 Å². The highest BCUT2D eigenvalue weighted by Crippen LogP contribution is 2.37. The average Bonchev–Trinajstić information content (AvgIpc) is 3.48. The van der Waals surface area contributed by atoms with Crippen LogP contribution in [0.3, 0.4) is 0 Å². The van der Waals surface area contributed by atoms with Crippen LogP contribution in [0.15, 0.2) is 80.7 Å². The molecule has 3 heterocycles. The first-order valence-electron chi connectivity index (χ1n) is 10.5. The number of imidazole rings is 1. The van der Waals surface area contributed by atoms with Gasteiger partial charge in [0.05, 0.1) is 18.2 Å². The van der Waals surface area contributed by atoms with Gasteiger partial charge in [-0.2, -0.15) is 0 Å². The standard InChI is InChI=1S/C25H16BrClN4O5/c1-35-22-11-15(3-7-20(22)32)24-25(30-13-16(26)4-9-23(30)29-24)28-12-17-5-8-21(36-17)14-2-6-18(27)19(10-14)31(33)34/h2-13,32H,1H3. The maximum absolute atomic E-state index is 11.2. The fourth-order valence-electron chi connectivity index (χ4n) is 3.66. The van der Waals surface area contributed by atoms with E-state index in [-0.39, 0.29) is 16.5 Å². The van der Waals surface area contributed by atoms with E-state index in [4.69, 9.17) is 25.7 Å². The van der Waals surface area contributed by atoms with Crippen molar-refractivity contribution >= 4 is 50.9 Å². The summed E-state index contributed by atoms with van der Waals surface area (Å²) in [4.78, 5) is 20.0. The van der Waals surface area contributed by atoms with E-state index in [1.54, 1.807) is 36.5 Å². The number of fused-ring (bicyclic) bond motifs is 1. The van der Waals surface area contributed by atoms with Crippen molar-refractivity contribution in [1.29, 1.82) is 0 Å². The minimum atomic E-state index is -0.542. The van der Waals surface area contributed by atoms with E-state index < -0.39 is 4.92 Å². The lowest BCUT2D eigenvalue weighted by molar-refractivity contribution is -0.384. The van der Waals surface area contributed by atoms with Crippen molar-refractivity contribution in [3.63, 3.8) is 0 Å². The summed E-state index contributed by atoms with van der Waals surface area (Å²) in [6.07, 6.45) is 3.38. The average molecular weight is 568 g/mol. The number of furan rings is 1. The number of phenolic OH excluding ortho intramolecular Hbond substituents is 1. The maximum Gasteiger partial charge on any atom is 0.288 e. The molecule has 2 aromatic carbocycles. The molecule has 0 aliphatic rings. The van der Waals surface area contributed by atoms with E-state index >= 15 is 0 Å². The number of pyridine rings is 1. The number of benzene rings is 2. The van der Waals surface area contributed by atoms with Crippen LogP contribution in [0.5, 0.6) is 11.5 Å². The highest BCUT2D eigenvalue weighted by Gasteiger charge is 2.17. The molecule has 5 rings (SSSR count). The Labute approximate surface area is 217 Å². The lowest BCUT2D eigenvalue weighted by Gasteiger charge is -2.06. The molecular weight excluding hydrogens is 552 g/mol. The number of aromatic nitrogens is 2. The predicted octanol–water partition coefficient (Wildman–Crippen LogP) is 7.05. The van der Waals surface area contributed by atoms with Crippen LogP contribution in [0.4, 0.5) is 11.5 Å². The van der Waals surface area contributed by atoms with Gasteiger partial charge in [-0.15, -0.1) is 0 Å². The van der Waals surface area contributed by atoms with Crippen LogP contribution in [-0.2, 0) is 0 Å². The number of aliphatic imine (C=N–C) groups is 1. The number of nitro benzene ring substituents is 1. The molecule has 0 amide bonds. The largest absolute Gasteiger partial charge is 0.504 e. The first-order chi connectivity index (χ1) is 17.3. The Balaban J connectivity index is 1.56. The summed E-state index contributed by atoms with van der Waals surface area (Å²) in [7, 11) is 1.47. The van der Waals surface area contributed by atoms with Crippen molar-refractivity contribution in [3.8, 4) is 34.1 Å². The topological polar surface area (TPSA) is 115 Å². The van der Waals surface area contributed by atoms with Crippen LogP contribution in [0.1, 0.15) is 5.76 Å². The number of halogens is 2. The van der Waals surface area contributed by atoms with Gasteiger partial charge in [-0.05, 0) is 70.5 Å². The minimum Gasteiger partial charge on any atom is -0.504 e. The molecule has 11 heteroatoms. The van der Waals surface area contributed by atoms with Crippen LogP contribution in [0, 0.1) is 10.1 Å². The SMILES string of the molecule is COc1cc(-c2nc3ccc(Br)cn3c2N=Cc2ccc(-c3ccc(Cl)c([N+](=O)[O-])c3)o2)ccc1O. The molecule has 1 N–H and O–H groups in total. The fraction of sp³-hybridized carbons (Fsp3) is 0.0400. The second kappa shape index (κ2) is 9.48. The number of rotatable bonds is 6. The van der Waals surface area contributed by atoms with E-state index in [2.05, 4.69) is 20.9 Å². The number of methoxy groups -OCH3 is 1.